The van der Waals surface area contributed by atoms with Gasteiger partial charge in [-0.15, -0.1) is 0 Å². The first-order valence-corrected chi connectivity index (χ1v) is 6.20. The number of hydrogen-bond acceptors (Lipinski definition) is 3. The Bertz CT molecular complexity index is 695. The maximum absolute atomic E-state index is 12.4. The van der Waals surface area contributed by atoms with Crippen LogP contribution in [0.4, 0.5) is 4.39 Å². The van der Waals surface area contributed by atoms with Gasteiger partial charge in [-0.05, 0) is 6.07 Å². The molecule has 110 valence electrons. The largest absolute Gasteiger partial charge is 0.481 e. The minimum Gasteiger partial charge on any atom is -0.481 e. The smallest absolute Gasteiger partial charge is 0.305 e. The van der Waals surface area contributed by atoms with Crippen molar-refractivity contribution in [1.82, 2.24) is 10.3 Å². The number of H-pyrrole nitrogens is 1. The first-order chi connectivity index (χ1) is 10.0. The van der Waals surface area contributed by atoms with E-state index in [1.165, 1.54) is 6.20 Å². The van der Waals surface area contributed by atoms with E-state index in [1.54, 1.807) is 24.3 Å². The first kappa shape index (κ1) is 14.7. The molecule has 0 bridgehead atoms. The van der Waals surface area contributed by atoms with Crippen LogP contribution >= 0.6 is 0 Å². The van der Waals surface area contributed by atoms with Crippen LogP contribution in [0.5, 0.6) is 0 Å². The summed E-state index contributed by atoms with van der Waals surface area (Å²) in [5, 5.41) is 11.6. The summed E-state index contributed by atoms with van der Waals surface area (Å²) >= 11 is 0. The van der Waals surface area contributed by atoms with Gasteiger partial charge < -0.3 is 15.4 Å². The number of aliphatic carboxylic acids is 1. The summed E-state index contributed by atoms with van der Waals surface area (Å²) in [6.45, 7) is -1.33. The third-order valence-corrected chi connectivity index (χ3v) is 3.04. The van der Waals surface area contributed by atoms with E-state index >= 15 is 0 Å². The number of benzene rings is 1. The molecule has 7 heteroatoms. The summed E-state index contributed by atoms with van der Waals surface area (Å²) < 4.78 is 12.4. The molecule has 0 saturated heterocycles. The van der Waals surface area contributed by atoms with Gasteiger partial charge in [-0.25, -0.2) is 4.39 Å². The summed E-state index contributed by atoms with van der Waals surface area (Å²) in [5.41, 5.74) is 1.00. The fraction of sp³-hybridized carbons (Fsp3) is 0.214. The molecule has 0 aliphatic heterocycles. The number of para-hydroxylation sites is 1. The molecular weight excluding hydrogens is 279 g/mol. The maximum Gasteiger partial charge on any atom is 0.305 e. The van der Waals surface area contributed by atoms with Crippen LogP contribution in [0.2, 0.25) is 0 Å². The Morgan fingerprint density at radius 3 is 2.67 bits per heavy atom. The molecule has 1 heterocycles. The van der Waals surface area contributed by atoms with E-state index in [4.69, 9.17) is 5.11 Å². The van der Waals surface area contributed by atoms with Gasteiger partial charge in [0.25, 0.3) is 5.91 Å². The summed E-state index contributed by atoms with van der Waals surface area (Å²) in [5.74, 6) is -2.88. The lowest BCUT2D eigenvalue weighted by Gasteiger charge is -2.13. The third-order valence-electron chi connectivity index (χ3n) is 3.04. The van der Waals surface area contributed by atoms with E-state index < -0.39 is 36.8 Å². The van der Waals surface area contributed by atoms with Crippen molar-refractivity contribution < 1.29 is 23.9 Å². The highest BCUT2D eigenvalue weighted by Crippen LogP contribution is 2.17. The Morgan fingerprint density at radius 1 is 1.29 bits per heavy atom. The maximum atomic E-state index is 12.4. The number of rotatable bonds is 6. The van der Waals surface area contributed by atoms with Gasteiger partial charge in [-0.2, -0.15) is 0 Å². The molecule has 1 amide bonds. The quantitative estimate of drug-likeness (QED) is 0.746. The number of nitrogens with one attached hydrogen (secondary N) is 2. The van der Waals surface area contributed by atoms with Gasteiger partial charge in [0.15, 0.2) is 5.78 Å². The number of halogens is 1. The lowest BCUT2D eigenvalue weighted by atomic mass is 10.1. The fourth-order valence-corrected chi connectivity index (χ4v) is 2.01. The summed E-state index contributed by atoms with van der Waals surface area (Å²) in [4.78, 5) is 37.1. The van der Waals surface area contributed by atoms with E-state index in [0.717, 1.165) is 5.52 Å². The van der Waals surface area contributed by atoms with Crippen molar-refractivity contribution >= 4 is 28.6 Å². The van der Waals surface area contributed by atoms with E-state index in [-0.39, 0.29) is 5.56 Å². The van der Waals surface area contributed by atoms with Gasteiger partial charge in [-0.1, -0.05) is 18.2 Å². The molecule has 1 aromatic heterocycles. The van der Waals surface area contributed by atoms with Gasteiger partial charge in [0, 0.05) is 17.1 Å². The molecule has 1 aromatic carbocycles. The van der Waals surface area contributed by atoms with E-state index in [9.17, 15) is 18.8 Å². The van der Waals surface area contributed by atoms with Gasteiger partial charge >= 0.3 is 5.97 Å². The van der Waals surface area contributed by atoms with Crippen LogP contribution in [-0.4, -0.2) is 40.5 Å². The average molecular weight is 292 g/mol. The Kier molecular flexibility index (Phi) is 4.32. The molecule has 2 aromatic rings. The molecule has 1 atom stereocenters. The Labute approximate surface area is 119 Å². The van der Waals surface area contributed by atoms with Gasteiger partial charge in [0.05, 0.1) is 12.0 Å². The Morgan fingerprint density at radius 2 is 2.00 bits per heavy atom. The van der Waals surface area contributed by atoms with Crippen molar-refractivity contribution in [1.29, 1.82) is 0 Å². The molecule has 0 saturated carbocycles. The highest BCUT2D eigenvalue weighted by atomic mass is 19.1. The molecule has 21 heavy (non-hydrogen) atoms. The molecule has 0 aliphatic rings. The number of carboxylic acids is 1. The number of carbonyl (C=O) groups excluding carboxylic acids is 2. The van der Waals surface area contributed by atoms with Crippen LogP contribution in [0.25, 0.3) is 10.9 Å². The van der Waals surface area contributed by atoms with Gasteiger partial charge in [-0.3, -0.25) is 14.4 Å². The molecule has 0 radical (unpaired) electrons. The zero-order valence-corrected chi connectivity index (χ0v) is 10.9. The minimum absolute atomic E-state index is 0.271. The molecule has 3 N–H and O–H groups in total. The summed E-state index contributed by atoms with van der Waals surface area (Å²) in [7, 11) is 0. The van der Waals surface area contributed by atoms with Crippen molar-refractivity contribution in [2.45, 2.75) is 12.5 Å². The normalized spacial score (nSPS) is 12.0. The third kappa shape index (κ3) is 3.25. The molecule has 0 fully saturated rings. The Balaban J connectivity index is 2.22. The van der Waals surface area contributed by atoms with Crippen LogP contribution in [0.15, 0.2) is 30.5 Å². The number of aromatic amines is 1. The minimum atomic E-state index is -1.38. The van der Waals surface area contributed by atoms with E-state index in [2.05, 4.69) is 10.3 Å². The van der Waals surface area contributed by atoms with Crippen molar-refractivity contribution in [2.24, 2.45) is 0 Å². The van der Waals surface area contributed by atoms with Crippen molar-refractivity contribution in [3.05, 3.63) is 36.0 Å². The Hall–Kier alpha value is -2.70. The summed E-state index contributed by atoms with van der Waals surface area (Å²) in [6, 6.07) is 5.64. The van der Waals surface area contributed by atoms with Crippen molar-refractivity contribution in [2.75, 3.05) is 6.67 Å². The number of carboxylic acid groups (broad SMARTS) is 1. The highest BCUT2D eigenvalue weighted by molar-refractivity contribution is 6.08. The average Bonchev–Trinajstić information content (AvgIpc) is 2.89. The number of alkyl halides is 1. The van der Waals surface area contributed by atoms with Crippen LogP contribution in [0, 0.1) is 0 Å². The second-order valence-corrected chi connectivity index (χ2v) is 4.47. The van der Waals surface area contributed by atoms with E-state index in [1.807, 2.05) is 0 Å². The number of hydrogen-bond donors (Lipinski definition) is 3. The lowest BCUT2D eigenvalue weighted by Crippen LogP contribution is -2.43. The SMILES string of the molecule is O=C(O)CC(NC(=O)c1c[nH]c2ccccc12)C(=O)CF. The number of fused-ring (bicyclic) bond motifs is 1. The molecule has 2 rings (SSSR count). The molecule has 0 spiro atoms. The number of Topliss-reactive ketones (excluding diaryl/α,β-unsaturated/α-hetero) is 1. The fourth-order valence-electron chi connectivity index (χ4n) is 2.01. The topological polar surface area (TPSA) is 99.3 Å². The second-order valence-electron chi connectivity index (χ2n) is 4.47. The van der Waals surface area contributed by atoms with Crippen LogP contribution < -0.4 is 5.32 Å². The zero-order valence-electron chi connectivity index (χ0n) is 10.9. The van der Waals surface area contributed by atoms with Gasteiger partial charge in [0.1, 0.15) is 12.7 Å². The summed E-state index contributed by atoms with van der Waals surface area (Å²) in [6.07, 6.45) is 0.800. The molecule has 6 nitrogen and oxygen atoms in total. The van der Waals surface area contributed by atoms with Crippen LogP contribution in [0.1, 0.15) is 16.8 Å². The number of aromatic nitrogens is 1. The van der Waals surface area contributed by atoms with Crippen molar-refractivity contribution in [3.8, 4) is 0 Å². The van der Waals surface area contributed by atoms with Crippen LogP contribution in [-0.2, 0) is 9.59 Å². The first-order valence-electron chi connectivity index (χ1n) is 6.20. The zero-order chi connectivity index (χ0) is 15.4. The number of ketones is 1. The molecule has 1 unspecified atom stereocenters. The molecule has 0 aliphatic carbocycles. The highest BCUT2D eigenvalue weighted by Gasteiger charge is 2.24. The van der Waals surface area contributed by atoms with Crippen molar-refractivity contribution in [3.63, 3.8) is 0 Å². The monoisotopic (exact) mass is 292 g/mol. The lowest BCUT2D eigenvalue weighted by molar-refractivity contribution is -0.139. The predicted molar refractivity (Wildman–Crippen MR) is 72.8 cm³/mol. The van der Waals surface area contributed by atoms with Crippen LogP contribution in [0.3, 0.4) is 0 Å². The second kappa shape index (κ2) is 6.17. The predicted octanol–water partition coefficient (Wildman–Crippen LogP) is 1.28. The van der Waals surface area contributed by atoms with E-state index in [0.29, 0.717) is 5.39 Å². The number of amides is 1. The van der Waals surface area contributed by atoms with Gasteiger partial charge in [0.2, 0.25) is 0 Å². The number of carbonyl (C=O) groups is 3. The molecular formula is C14H13FN2O4. The standard InChI is InChI=1S/C14H13FN2O4/c15-6-12(18)11(5-13(19)20)17-14(21)9-7-16-10-4-2-1-3-8(9)10/h1-4,7,11,16H,5-6H2,(H,17,21)(H,19,20).